The van der Waals surface area contributed by atoms with Gasteiger partial charge < -0.3 is 9.80 Å². The first-order chi connectivity index (χ1) is 8.49. The smallest absolute Gasteiger partial charge is 0.227 e. The highest BCUT2D eigenvalue weighted by molar-refractivity contribution is 6.00. The van der Waals surface area contributed by atoms with Crippen LogP contribution in [-0.4, -0.2) is 37.4 Å². The summed E-state index contributed by atoms with van der Waals surface area (Å²) in [6.45, 7) is 0.363. The lowest BCUT2D eigenvalue weighted by molar-refractivity contribution is -0.133. The van der Waals surface area contributed by atoms with Crippen molar-refractivity contribution in [3.05, 3.63) is 30.1 Å². The molecule has 1 aliphatic rings. The Bertz CT molecular complexity index is 470. The molecular weight excluding hydrogens is 235 g/mol. The van der Waals surface area contributed by atoms with E-state index in [2.05, 4.69) is 0 Å². The quantitative estimate of drug-likeness (QED) is 0.793. The molecule has 2 rings (SSSR count). The second-order valence-corrected chi connectivity index (χ2v) is 4.61. The fourth-order valence-electron chi connectivity index (χ4n) is 2.11. The van der Waals surface area contributed by atoms with Crippen molar-refractivity contribution < 1.29 is 14.0 Å². The van der Waals surface area contributed by atoms with E-state index in [0.29, 0.717) is 12.2 Å². The summed E-state index contributed by atoms with van der Waals surface area (Å²) in [5.41, 5.74) is 0.635. The molecule has 1 aromatic carbocycles. The Morgan fingerprint density at radius 1 is 1.33 bits per heavy atom. The van der Waals surface area contributed by atoms with Crippen LogP contribution in [-0.2, 0) is 9.59 Å². The molecule has 0 bridgehead atoms. The second kappa shape index (κ2) is 4.76. The molecular formula is C13H15FN2O2. The summed E-state index contributed by atoms with van der Waals surface area (Å²) >= 11 is 0. The maximum absolute atomic E-state index is 12.8. The molecule has 0 saturated carbocycles. The molecule has 0 aromatic heterocycles. The number of carbonyl (C=O) groups is 2. The summed E-state index contributed by atoms with van der Waals surface area (Å²) in [6.07, 6.45) is 0.217. The molecule has 0 aliphatic carbocycles. The van der Waals surface area contributed by atoms with Crippen molar-refractivity contribution in [2.75, 3.05) is 25.5 Å². The number of carbonyl (C=O) groups excluding carboxylic acids is 2. The average molecular weight is 250 g/mol. The Hall–Kier alpha value is -1.91. The molecule has 0 N–H and O–H groups in total. The summed E-state index contributed by atoms with van der Waals surface area (Å²) in [4.78, 5) is 26.7. The first kappa shape index (κ1) is 12.5. The number of halogens is 1. The van der Waals surface area contributed by atoms with Crippen LogP contribution in [0.4, 0.5) is 10.1 Å². The Balaban J connectivity index is 2.15. The minimum atomic E-state index is -0.341. The summed E-state index contributed by atoms with van der Waals surface area (Å²) < 4.78 is 12.8. The first-order valence-electron chi connectivity index (χ1n) is 5.76. The maximum atomic E-state index is 12.8. The van der Waals surface area contributed by atoms with Crippen LogP contribution in [0.2, 0.25) is 0 Å². The zero-order valence-corrected chi connectivity index (χ0v) is 10.4. The largest absolute Gasteiger partial charge is 0.349 e. The minimum Gasteiger partial charge on any atom is -0.349 e. The van der Waals surface area contributed by atoms with Gasteiger partial charge >= 0.3 is 0 Å². The monoisotopic (exact) mass is 250 g/mol. The van der Waals surface area contributed by atoms with Gasteiger partial charge in [0, 0.05) is 32.7 Å². The van der Waals surface area contributed by atoms with Crippen LogP contribution >= 0.6 is 0 Å². The number of amides is 2. The van der Waals surface area contributed by atoms with Crippen LogP contribution < -0.4 is 4.90 Å². The lowest BCUT2D eigenvalue weighted by Crippen LogP contribution is -2.32. The molecule has 1 aromatic rings. The van der Waals surface area contributed by atoms with Crippen LogP contribution in [0.5, 0.6) is 0 Å². The normalized spacial score (nSPS) is 19.2. The summed E-state index contributed by atoms with van der Waals surface area (Å²) in [6, 6.07) is 5.72. The highest BCUT2D eigenvalue weighted by Crippen LogP contribution is 2.25. The van der Waals surface area contributed by atoms with E-state index < -0.39 is 0 Å². The van der Waals surface area contributed by atoms with Crippen molar-refractivity contribution in [1.82, 2.24) is 4.90 Å². The van der Waals surface area contributed by atoms with E-state index in [-0.39, 0.29) is 30.0 Å². The van der Waals surface area contributed by atoms with Crippen LogP contribution in [0.1, 0.15) is 6.42 Å². The third-order valence-corrected chi connectivity index (χ3v) is 3.05. The van der Waals surface area contributed by atoms with Crippen molar-refractivity contribution in [3.8, 4) is 0 Å². The van der Waals surface area contributed by atoms with Gasteiger partial charge in [-0.1, -0.05) is 0 Å². The van der Waals surface area contributed by atoms with Gasteiger partial charge in [0.2, 0.25) is 11.8 Å². The molecule has 1 saturated heterocycles. The van der Waals surface area contributed by atoms with Crippen molar-refractivity contribution in [2.45, 2.75) is 6.42 Å². The SMILES string of the molecule is CN(C)C(=O)C1CC(=O)N(c2ccc(F)cc2)C1. The second-order valence-electron chi connectivity index (χ2n) is 4.61. The van der Waals surface area contributed by atoms with Gasteiger partial charge in [-0.05, 0) is 24.3 Å². The molecule has 1 heterocycles. The van der Waals surface area contributed by atoms with Gasteiger partial charge in [0.15, 0.2) is 0 Å². The van der Waals surface area contributed by atoms with E-state index in [9.17, 15) is 14.0 Å². The van der Waals surface area contributed by atoms with Crippen LogP contribution in [0.15, 0.2) is 24.3 Å². The van der Waals surface area contributed by atoms with E-state index in [4.69, 9.17) is 0 Å². The Labute approximate surface area is 105 Å². The lowest BCUT2D eigenvalue weighted by Gasteiger charge is -2.18. The van der Waals surface area contributed by atoms with E-state index in [1.165, 1.54) is 21.9 Å². The average Bonchev–Trinajstić information content (AvgIpc) is 2.71. The van der Waals surface area contributed by atoms with Gasteiger partial charge in [-0.2, -0.15) is 0 Å². The van der Waals surface area contributed by atoms with Crippen molar-refractivity contribution in [3.63, 3.8) is 0 Å². The van der Waals surface area contributed by atoms with Gasteiger partial charge in [0.25, 0.3) is 0 Å². The Morgan fingerprint density at radius 3 is 2.50 bits per heavy atom. The zero-order chi connectivity index (χ0) is 13.3. The molecule has 0 spiro atoms. The van der Waals surface area contributed by atoms with Crippen molar-refractivity contribution >= 4 is 17.5 Å². The Morgan fingerprint density at radius 2 is 1.94 bits per heavy atom. The summed E-state index contributed by atoms with van der Waals surface area (Å²) in [5.74, 6) is -0.793. The van der Waals surface area contributed by atoms with E-state index in [1.54, 1.807) is 26.2 Å². The fraction of sp³-hybridized carbons (Fsp3) is 0.385. The van der Waals surface area contributed by atoms with E-state index >= 15 is 0 Å². The molecule has 1 atom stereocenters. The lowest BCUT2D eigenvalue weighted by atomic mass is 10.1. The number of benzene rings is 1. The number of nitrogens with zero attached hydrogens (tertiary/aromatic N) is 2. The maximum Gasteiger partial charge on any atom is 0.227 e. The molecule has 5 heteroatoms. The standard InChI is InChI=1S/C13H15FN2O2/c1-15(2)13(18)9-7-12(17)16(8-9)11-5-3-10(14)4-6-11/h3-6,9H,7-8H2,1-2H3. The zero-order valence-electron chi connectivity index (χ0n) is 10.4. The molecule has 96 valence electrons. The topological polar surface area (TPSA) is 40.6 Å². The predicted octanol–water partition coefficient (Wildman–Crippen LogP) is 1.27. The molecule has 0 radical (unpaired) electrons. The number of anilines is 1. The third-order valence-electron chi connectivity index (χ3n) is 3.05. The third kappa shape index (κ3) is 2.34. The van der Waals surface area contributed by atoms with Gasteiger partial charge in [-0.15, -0.1) is 0 Å². The summed E-state index contributed by atoms with van der Waals surface area (Å²) in [7, 11) is 3.35. The molecule has 1 unspecified atom stereocenters. The van der Waals surface area contributed by atoms with Gasteiger partial charge in [-0.25, -0.2) is 4.39 Å². The van der Waals surface area contributed by atoms with Crippen molar-refractivity contribution in [1.29, 1.82) is 0 Å². The van der Waals surface area contributed by atoms with Gasteiger partial charge in [0.05, 0.1) is 5.92 Å². The van der Waals surface area contributed by atoms with Gasteiger partial charge in [0.1, 0.15) is 5.82 Å². The summed E-state index contributed by atoms with van der Waals surface area (Å²) in [5, 5.41) is 0. The fourth-order valence-corrected chi connectivity index (χ4v) is 2.11. The number of rotatable bonds is 2. The van der Waals surface area contributed by atoms with Gasteiger partial charge in [-0.3, -0.25) is 9.59 Å². The van der Waals surface area contributed by atoms with Crippen LogP contribution in [0.3, 0.4) is 0 Å². The minimum absolute atomic E-state index is 0.0482. The number of hydrogen-bond acceptors (Lipinski definition) is 2. The Kier molecular flexibility index (Phi) is 3.32. The first-order valence-corrected chi connectivity index (χ1v) is 5.76. The highest BCUT2D eigenvalue weighted by Gasteiger charge is 2.35. The molecule has 2 amide bonds. The predicted molar refractivity (Wildman–Crippen MR) is 65.6 cm³/mol. The van der Waals surface area contributed by atoms with Crippen LogP contribution in [0, 0.1) is 11.7 Å². The van der Waals surface area contributed by atoms with Crippen LogP contribution in [0.25, 0.3) is 0 Å². The molecule has 1 fully saturated rings. The van der Waals surface area contributed by atoms with E-state index in [0.717, 1.165) is 0 Å². The number of hydrogen-bond donors (Lipinski definition) is 0. The molecule has 1 aliphatic heterocycles. The highest BCUT2D eigenvalue weighted by atomic mass is 19.1. The molecule has 4 nitrogen and oxygen atoms in total. The molecule has 18 heavy (non-hydrogen) atoms. The van der Waals surface area contributed by atoms with Crippen molar-refractivity contribution in [2.24, 2.45) is 5.92 Å². The van der Waals surface area contributed by atoms with E-state index in [1.807, 2.05) is 0 Å².